The summed E-state index contributed by atoms with van der Waals surface area (Å²) in [6, 6.07) is 5.98. The summed E-state index contributed by atoms with van der Waals surface area (Å²) < 4.78 is 21.6. The molecule has 1 aliphatic carbocycles. The standard InChI is InChI=1S/C22H33ClN2O3S/c1-20(2,3)28-19(26)25-11-9-22(10-12-25)14-15-13-16(23)7-8-17(15)18(22)24-29(27)21(4,5)6/h7-8,13,18,24H,9-12,14H2,1-6H3/t18-,29?/m0/s1. The highest BCUT2D eigenvalue weighted by atomic mass is 35.5. The van der Waals surface area contributed by atoms with Crippen LogP contribution in [0.15, 0.2) is 18.2 Å². The highest BCUT2D eigenvalue weighted by molar-refractivity contribution is 7.90. The fraction of sp³-hybridized carbons (Fsp3) is 0.682. The van der Waals surface area contributed by atoms with Crippen molar-refractivity contribution in [1.29, 1.82) is 0 Å². The van der Waals surface area contributed by atoms with Crippen LogP contribution >= 0.6 is 11.6 Å². The minimum Gasteiger partial charge on any atom is -0.598 e. The number of fused-ring (bicyclic) bond motifs is 1. The molecule has 3 rings (SSSR count). The molecule has 0 radical (unpaired) electrons. The molecule has 29 heavy (non-hydrogen) atoms. The molecule has 1 saturated heterocycles. The predicted molar refractivity (Wildman–Crippen MR) is 118 cm³/mol. The van der Waals surface area contributed by atoms with Crippen molar-refractivity contribution in [3.8, 4) is 0 Å². The Morgan fingerprint density at radius 1 is 1.24 bits per heavy atom. The van der Waals surface area contributed by atoms with Gasteiger partial charge in [-0.25, -0.2) is 4.79 Å². The van der Waals surface area contributed by atoms with Gasteiger partial charge in [-0.3, -0.25) is 0 Å². The van der Waals surface area contributed by atoms with Crippen LogP contribution in [0.5, 0.6) is 0 Å². The zero-order chi connectivity index (χ0) is 21.6. The van der Waals surface area contributed by atoms with Crippen LogP contribution in [-0.2, 0) is 22.5 Å². The Hall–Kier alpha value is -0.950. The maximum absolute atomic E-state index is 12.9. The molecule has 1 unspecified atom stereocenters. The van der Waals surface area contributed by atoms with Gasteiger partial charge < -0.3 is 14.2 Å². The van der Waals surface area contributed by atoms with E-state index < -0.39 is 17.0 Å². The molecule has 162 valence electrons. The molecule has 1 aromatic carbocycles. The van der Waals surface area contributed by atoms with Gasteiger partial charge in [0.2, 0.25) is 0 Å². The van der Waals surface area contributed by atoms with Gasteiger partial charge in [-0.15, -0.1) is 4.72 Å². The number of halogens is 1. The SMILES string of the molecule is CC(C)(C)OC(=O)N1CCC2(CC1)Cc1cc(Cl)ccc1[C@@H]2N[S+]([O-])C(C)(C)C. The first-order valence-corrected chi connectivity index (χ1v) is 11.8. The summed E-state index contributed by atoms with van der Waals surface area (Å²) in [6.45, 7) is 12.9. The number of amides is 1. The monoisotopic (exact) mass is 440 g/mol. The summed E-state index contributed by atoms with van der Waals surface area (Å²) in [5.41, 5.74) is 1.82. The van der Waals surface area contributed by atoms with Crippen molar-refractivity contribution in [3.63, 3.8) is 0 Å². The minimum absolute atomic E-state index is 0.0180. The van der Waals surface area contributed by atoms with Crippen molar-refractivity contribution in [3.05, 3.63) is 34.3 Å². The van der Waals surface area contributed by atoms with Crippen molar-refractivity contribution in [1.82, 2.24) is 9.62 Å². The molecule has 5 nitrogen and oxygen atoms in total. The molecule has 1 N–H and O–H groups in total. The average molecular weight is 441 g/mol. The van der Waals surface area contributed by atoms with Gasteiger partial charge in [0, 0.05) is 34.9 Å². The number of likely N-dealkylation sites (tertiary alicyclic amines) is 1. The summed E-state index contributed by atoms with van der Waals surface area (Å²) in [7, 11) is 0. The van der Waals surface area contributed by atoms with Crippen LogP contribution in [0.2, 0.25) is 5.02 Å². The fourth-order valence-corrected chi connectivity index (χ4v) is 5.36. The van der Waals surface area contributed by atoms with Gasteiger partial charge in [0.05, 0.1) is 6.04 Å². The van der Waals surface area contributed by atoms with Crippen LogP contribution in [0.1, 0.15) is 71.6 Å². The Morgan fingerprint density at radius 3 is 2.41 bits per heavy atom. The Kier molecular flexibility index (Phi) is 6.23. The molecule has 0 aromatic heterocycles. The van der Waals surface area contributed by atoms with Crippen molar-refractivity contribution in [2.45, 2.75) is 77.2 Å². The first-order chi connectivity index (χ1) is 13.3. The lowest BCUT2D eigenvalue weighted by atomic mass is 9.73. The lowest BCUT2D eigenvalue weighted by Gasteiger charge is -2.43. The third-order valence-corrected chi connectivity index (χ3v) is 7.56. The largest absolute Gasteiger partial charge is 0.598 e. The summed E-state index contributed by atoms with van der Waals surface area (Å²) in [5, 5.41) is 0.725. The third-order valence-electron chi connectivity index (χ3n) is 5.76. The quantitative estimate of drug-likeness (QED) is 0.656. The number of benzene rings is 1. The molecule has 0 bridgehead atoms. The van der Waals surface area contributed by atoms with E-state index in [0.29, 0.717) is 13.1 Å². The Balaban J connectivity index is 1.81. The molecule has 2 aliphatic rings. The Bertz CT molecular complexity index is 764. The molecule has 1 heterocycles. The summed E-state index contributed by atoms with van der Waals surface area (Å²) >= 11 is 5.07. The maximum atomic E-state index is 12.9. The van der Waals surface area contributed by atoms with Crippen molar-refractivity contribution in [2.24, 2.45) is 5.41 Å². The van der Waals surface area contributed by atoms with E-state index in [1.165, 1.54) is 11.1 Å². The van der Waals surface area contributed by atoms with Gasteiger partial charge in [-0.05, 0) is 84.1 Å². The van der Waals surface area contributed by atoms with Crippen molar-refractivity contribution in [2.75, 3.05) is 13.1 Å². The fourth-order valence-electron chi connectivity index (χ4n) is 4.22. The predicted octanol–water partition coefficient (Wildman–Crippen LogP) is 5.01. The first kappa shape index (κ1) is 22.7. The van der Waals surface area contributed by atoms with E-state index >= 15 is 0 Å². The van der Waals surface area contributed by atoms with Gasteiger partial charge in [0.15, 0.2) is 0 Å². The second-order valence-electron chi connectivity index (χ2n) is 10.3. The van der Waals surface area contributed by atoms with Crippen LogP contribution in [0, 0.1) is 5.41 Å². The molecule has 0 saturated carbocycles. The van der Waals surface area contributed by atoms with E-state index in [4.69, 9.17) is 16.3 Å². The number of hydrogen-bond acceptors (Lipinski definition) is 4. The van der Waals surface area contributed by atoms with E-state index in [1.54, 1.807) is 4.90 Å². The highest BCUT2D eigenvalue weighted by Gasteiger charge is 2.51. The van der Waals surface area contributed by atoms with Gasteiger partial charge in [-0.1, -0.05) is 17.7 Å². The Morgan fingerprint density at radius 2 is 1.86 bits per heavy atom. The van der Waals surface area contributed by atoms with Gasteiger partial charge >= 0.3 is 6.09 Å². The van der Waals surface area contributed by atoms with E-state index in [9.17, 15) is 9.35 Å². The Labute approximate surface area is 182 Å². The van der Waals surface area contributed by atoms with Crippen molar-refractivity contribution < 1.29 is 14.1 Å². The minimum atomic E-state index is -1.19. The smallest absolute Gasteiger partial charge is 0.410 e. The van der Waals surface area contributed by atoms with Crippen LogP contribution in [0.4, 0.5) is 4.79 Å². The molecule has 1 aromatic rings. The number of ether oxygens (including phenoxy) is 1. The lowest BCUT2D eigenvalue weighted by Crippen LogP contribution is -2.51. The van der Waals surface area contributed by atoms with Crippen LogP contribution < -0.4 is 4.72 Å². The van der Waals surface area contributed by atoms with E-state index in [0.717, 1.165) is 24.3 Å². The van der Waals surface area contributed by atoms with Gasteiger partial charge in [0.1, 0.15) is 10.3 Å². The third kappa shape index (κ3) is 5.04. The summed E-state index contributed by atoms with van der Waals surface area (Å²) in [4.78, 5) is 14.3. The molecule has 2 atom stereocenters. The zero-order valence-corrected chi connectivity index (χ0v) is 19.9. The van der Waals surface area contributed by atoms with E-state index in [-0.39, 0.29) is 22.3 Å². The summed E-state index contributed by atoms with van der Waals surface area (Å²) in [6.07, 6.45) is 2.28. The number of piperidine rings is 1. The van der Waals surface area contributed by atoms with Crippen LogP contribution in [0.3, 0.4) is 0 Å². The normalized spacial score (nSPS) is 22.5. The van der Waals surface area contributed by atoms with E-state index in [2.05, 4.69) is 10.8 Å². The van der Waals surface area contributed by atoms with E-state index in [1.807, 2.05) is 53.7 Å². The molecule has 7 heteroatoms. The van der Waals surface area contributed by atoms with Gasteiger partial charge in [-0.2, -0.15) is 0 Å². The number of nitrogens with one attached hydrogen (secondary N) is 1. The van der Waals surface area contributed by atoms with Gasteiger partial charge in [0.25, 0.3) is 0 Å². The van der Waals surface area contributed by atoms with Crippen LogP contribution in [0.25, 0.3) is 0 Å². The number of carbonyl (C=O) groups excluding carboxylic acids is 1. The molecule has 1 spiro atoms. The molecule has 1 fully saturated rings. The lowest BCUT2D eigenvalue weighted by molar-refractivity contribution is 0.00716. The average Bonchev–Trinajstić information content (AvgIpc) is 2.85. The number of rotatable bonds is 2. The second-order valence-corrected chi connectivity index (χ2v) is 12.7. The number of hydrogen-bond donors (Lipinski definition) is 1. The molecular weight excluding hydrogens is 408 g/mol. The second kappa shape index (κ2) is 7.95. The summed E-state index contributed by atoms with van der Waals surface area (Å²) in [5.74, 6) is 0. The molecular formula is C22H33ClN2O3S. The number of nitrogens with zero attached hydrogens (tertiary/aromatic N) is 1. The van der Waals surface area contributed by atoms with Crippen LogP contribution in [-0.4, -0.2) is 39.0 Å². The topological polar surface area (TPSA) is 64.6 Å². The zero-order valence-electron chi connectivity index (χ0n) is 18.3. The first-order valence-electron chi connectivity index (χ1n) is 10.3. The highest BCUT2D eigenvalue weighted by Crippen LogP contribution is 2.53. The van der Waals surface area contributed by atoms with Crippen molar-refractivity contribution >= 4 is 29.1 Å². The molecule has 1 aliphatic heterocycles. The molecule has 1 amide bonds. The maximum Gasteiger partial charge on any atom is 0.410 e. The number of carbonyl (C=O) groups is 1.